The van der Waals surface area contributed by atoms with Crippen molar-refractivity contribution in [2.75, 3.05) is 5.32 Å². The molecule has 0 unspecified atom stereocenters. The van der Waals surface area contributed by atoms with Gasteiger partial charge in [0.05, 0.1) is 5.69 Å². The number of aromatic carboxylic acids is 1. The van der Waals surface area contributed by atoms with Crippen LogP contribution in [0, 0.1) is 5.82 Å². The molecule has 0 spiro atoms. The Morgan fingerprint density at radius 3 is 2.57 bits per heavy atom. The summed E-state index contributed by atoms with van der Waals surface area (Å²) in [5.41, 5.74) is 0.419. The van der Waals surface area contributed by atoms with Crippen molar-refractivity contribution < 1.29 is 28.4 Å². The number of nitrogens with two attached hydrogens (primary N) is 1. The van der Waals surface area contributed by atoms with Crippen molar-refractivity contribution in [2.45, 2.75) is 0 Å². The number of halogens is 1. The summed E-state index contributed by atoms with van der Waals surface area (Å²) in [6.45, 7) is 0. The molecule has 35 heavy (non-hydrogen) atoms. The lowest BCUT2D eigenvalue weighted by molar-refractivity contribution is 0.0693. The number of nitrogens with zero attached hydrogens (tertiary/aromatic N) is 5. The lowest BCUT2D eigenvalue weighted by Gasteiger charge is -2.11. The van der Waals surface area contributed by atoms with E-state index >= 15 is 0 Å². The highest BCUT2D eigenvalue weighted by Crippen LogP contribution is 2.30. The molecule has 0 radical (unpaired) electrons. The van der Waals surface area contributed by atoms with Crippen molar-refractivity contribution in [2.24, 2.45) is 10.9 Å². The maximum absolute atomic E-state index is 14.3. The first-order valence-electron chi connectivity index (χ1n) is 9.91. The van der Waals surface area contributed by atoms with Crippen LogP contribution < -0.4 is 11.2 Å². The fourth-order valence-electron chi connectivity index (χ4n) is 3.30. The number of phenols is 1. The van der Waals surface area contributed by atoms with Crippen molar-refractivity contribution in [3.63, 3.8) is 0 Å². The van der Waals surface area contributed by atoms with Gasteiger partial charge in [-0.3, -0.25) is 0 Å². The fourth-order valence-corrected chi connectivity index (χ4v) is 3.30. The van der Waals surface area contributed by atoms with Crippen LogP contribution in [0.3, 0.4) is 0 Å². The lowest BCUT2D eigenvalue weighted by Crippen LogP contribution is -2.13. The summed E-state index contributed by atoms with van der Waals surface area (Å²) in [5, 5.41) is 33.0. The highest BCUT2D eigenvalue weighted by molar-refractivity contribution is 6.13. The molecule has 0 bridgehead atoms. The Morgan fingerprint density at radius 2 is 1.83 bits per heavy atom. The minimum Gasteiger partial charge on any atom is -0.507 e. The third kappa shape index (κ3) is 3.97. The molecule has 5 rings (SSSR count). The number of benzene rings is 2. The second-order valence-electron chi connectivity index (χ2n) is 7.12. The van der Waals surface area contributed by atoms with Crippen molar-refractivity contribution in [3.8, 4) is 17.1 Å². The molecule has 0 aliphatic rings. The van der Waals surface area contributed by atoms with Crippen LogP contribution in [0.25, 0.3) is 22.6 Å². The van der Waals surface area contributed by atoms with E-state index in [9.17, 15) is 19.4 Å². The Balaban J connectivity index is 1.58. The molecule has 174 valence electrons. The Hall–Kier alpha value is -5.33. The zero-order chi connectivity index (χ0) is 24.5. The standard InChI is InChI=1S/C22H14FN7O5/c23-12-3-1-2-4-13(12)25-19-18(26-20-21(27-19)30-35-29-20)17(28-24)16-8-7-15(34-16)10-5-6-14(31)11(9-10)22(32)33/h1-9,31H,24H2,(H,32,33)(H,25,27,30). The minimum atomic E-state index is -1.30. The molecule has 2 aromatic carbocycles. The molecule has 3 aromatic heterocycles. The predicted octanol–water partition coefficient (Wildman–Crippen LogP) is 3.27. The molecule has 5 N–H and O–H groups in total. The van der Waals surface area contributed by atoms with Crippen molar-refractivity contribution >= 4 is 34.5 Å². The number of hydrogen-bond acceptors (Lipinski definition) is 11. The predicted molar refractivity (Wildman–Crippen MR) is 120 cm³/mol. The van der Waals surface area contributed by atoms with Gasteiger partial charge in [-0.2, -0.15) is 5.10 Å². The van der Waals surface area contributed by atoms with Crippen LogP contribution in [-0.4, -0.2) is 42.2 Å². The molecule has 0 aliphatic heterocycles. The van der Waals surface area contributed by atoms with E-state index in [0.29, 0.717) is 5.56 Å². The number of para-hydroxylation sites is 1. The second-order valence-corrected chi connectivity index (χ2v) is 7.12. The minimum absolute atomic E-state index is 0.0322. The Labute approximate surface area is 194 Å². The molecule has 0 aliphatic carbocycles. The van der Waals surface area contributed by atoms with Crippen LogP contribution >= 0.6 is 0 Å². The quantitative estimate of drug-likeness (QED) is 0.160. The number of hydrazone groups is 1. The first kappa shape index (κ1) is 21.5. The average Bonchev–Trinajstić information content (AvgIpc) is 3.51. The van der Waals surface area contributed by atoms with E-state index in [-0.39, 0.29) is 57.0 Å². The number of nitrogens with one attached hydrogen (secondary N) is 1. The van der Waals surface area contributed by atoms with Gasteiger partial charge >= 0.3 is 5.97 Å². The number of carbonyl (C=O) groups is 1. The molecule has 13 heteroatoms. The summed E-state index contributed by atoms with van der Waals surface area (Å²) in [6, 6.07) is 13.0. The first-order valence-corrected chi connectivity index (χ1v) is 9.91. The number of aromatic hydroxyl groups is 1. The SMILES string of the molecule is NN=C(c1ccc(-c2ccc(O)c(C(=O)O)c2)o1)c1nc2nonc2nc1Nc1ccccc1F. The van der Waals surface area contributed by atoms with Gasteiger partial charge in [0, 0.05) is 5.56 Å². The molecular formula is C22H14FN7O5. The van der Waals surface area contributed by atoms with E-state index in [0.717, 1.165) is 0 Å². The molecule has 3 heterocycles. The third-order valence-electron chi connectivity index (χ3n) is 4.95. The molecule has 0 saturated carbocycles. The van der Waals surface area contributed by atoms with E-state index in [1.807, 2.05) is 0 Å². The molecule has 5 aromatic rings. The summed E-state index contributed by atoms with van der Waals surface area (Å²) >= 11 is 0. The van der Waals surface area contributed by atoms with Crippen LogP contribution in [0.15, 0.2) is 68.7 Å². The normalized spacial score (nSPS) is 11.6. The summed E-state index contributed by atoms with van der Waals surface area (Å²) in [5.74, 6) is 3.92. The number of furan rings is 1. The van der Waals surface area contributed by atoms with Crippen LogP contribution in [0.2, 0.25) is 0 Å². The van der Waals surface area contributed by atoms with Gasteiger partial charge in [0.15, 0.2) is 17.3 Å². The highest BCUT2D eigenvalue weighted by atomic mass is 19.1. The van der Waals surface area contributed by atoms with Crippen LogP contribution in [0.4, 0.5) is 15.9 Å². The van der Waals surface area contributed by atoms with Gasteiger partial charge in [-0.15, -0.1) is 0 Å². The summed E-state index contributed by atoms with van der Waals surface area (Å²) in [6.07, 6.45) is 0. The Morgan fingerprint density at radius 1 is 1.06 bits per heavy atom. The van der Waals surface area contributed by atoms with Gasteiger partial charge in [0.1, 0.15) is 28.6 Å². The van der Waals surface area contributed by atoms with E-state index in [1.54, 1.807) is 12.1 Å². The third-order valence-corrected chi connectivity index (χ3v) is 4.95. The molecule has 12 nitrogen and oxygen atoms in total. The van der Waals surface area contributed by atoms with E-state index in [4.69, 9.17) is 10.3 Å². The smallest absolute Gasteiger partial charge is 0.339 e. The van der Waals surface area contributed by atoms with Crippen molar-refractivity contribution in [1.29, 1.82) is 0 Å². The van der Waals surface area contributed by atoms with Gasteiger partial charge in [0.2, 0.25) is 11.3 Å². The topological polar surface area (TPSA) is 186 Å². The van der Waals surface area contributed by atoms with Gasteiger partial charge in [-0.25, -0.2) is 23.8 Å². The largest absolute Gasteiger partial charge is 0.507 e. The fraction of sp³-hybridized carbons (Fsp3) is 0. The summed E-state index contributed by atoms with van der Waals surface area (Å²) < 4.78 is 24.8. The van der Waals surface area contributed by atoms with Gasteiger partial charge < -0.3 is 25.8 Å². The number of carboxylic acids is 1. The number of carboxylic acid groups (broad SMARTS) is 1. The van der Waals surface area contributed by atoms with E-state index in [1.165, 1.54) is 42.5 Å². The van der Waals surface area contributed by atoms with Crippen LogP contribution in [0.1, 0.15) is 21.8 Å². The summed E-state index contributed by atoms with van der Waals surface area (Å²) in [4.78, 5) is 20.0. The van der Waals surface area contributed by atoms with Crippen LogP contribution in [-0.2, 0) is 0 Å². The maximum Gasteiger partial charge on any atom is 0.339 e. The number of rotatable bonds is 6. The second kappa shape index (κ2) is 8.55. The number of aromatic nitrogens is 4. The van der Waals surface area contributed by atoms with E-state index in [2.05, 4.69) is 35.3 Å². The molecular weight excluding hydrogens is 461 g/mol. The van der Waals surface area contributed by atoms with Crippen LogP contribution in [0.5, 0.6) is 5.75 Å². The molecule has 0 fully saturated rings. The number of hydrogen-bond donors (Lipinski definition) is 4. The Kier molecular flexibility index (Phi) is 5.25. The van der Waals surface area contributed by atoms with Crippen molar-refractivity contribution in [3.05, 3.63) is 77.4 Å². The summed E-state index contributed by atoms with van der Waals surface area (Å²) in [7, 11) is 0. The lowest BCUT2D eigenvalue weighted by atomic mass is 10.1. The molecule has 0 amide bonds. The zero-order valence-electron chi connectivity index (χ0n) is 17.5. The van der Waals surface area contributed by atoms with Gasteiger partial charge in [-0.1, -0.05) is 12.1 Å². The zero-order valence-corrected chi connectivity index (χ0v) is 17.5. The number of anilines is 2. The highest BCUT2D eigenvalue weighted by Gasteiger charge is 2.23. The number of fused-ring (bicyclic) bond motifs is 1. The van der Waals surface area contributed by atoms with E-state index < -0.39 is 11.8 Å². The molecule has 0 atom stereocenters. The first-order chi connectivity index (χ1) is 16.9. The monoisotopic (exact) mass is 475 g/mol. The van der Waals surface area contributed by atoms with Gasteiger partial charge in [0.25, 0.3) is 0 Å². The molecule has 0 saturated heterocycles. The van der Waals surface area contributed by atoms with Crippen molar-refractivity contribution in [1.82, 2.24) is 20.3 Å². The Bertz CT molecular complexity index is 1610. The maximum atomic E-state index is 14.3. The average molecular weight is 475 g/mol. The van der Waals surface area contributed by atoms with Gasteiger partial charge in [-0.05, 0) is 52.8 Å².